The Morgan fingerprint density at radius 1 is 1.08 bits per heavy atom. The minimum absolute atomic E-state index is 0.0790. The van der Waals surface area contributed by atoms with Crippen LogP contribution < -0.4 is 5.14 Å². The Kier molecular flexibility index (Phi) is 4.69. The first-order valence-electron chi connectivity index (χ1n) is 8.59. The number of halogens is 2. The van der Waals surface area contributed by atoms with Gasteiger partial charge in [0.15, 0.2) is 11.6 Å². The van der Waals surface area contributed by atoms with Crippen LogP contribution in [0.2, 0.25) is 0 Å². The molecule has 0 aromatic heterocycles. The Morgan fingerprint density at radius 3 is 2.23 bits per heavy atom. The van der Waals surface area contributed by atoms with Crippen LogP contribution >= 0.6 is 0 Å². The molecule has 2 N–H and O–H groups in total. The van der Waals surface area contributed by atoms with E-state index in [9.17, 15) is 17.2 Å². The molecule has 0 heterocycles. The molecule has 0 aliphatic heterocycles. The summed E-state index contributed by atoms with van der Waals surface area (Å²) in [5.74, 6) is -0.917. The van der Waals surface area contributed by atoms with Crippen molar-refractivity contribution in [1.29, 1.82) is 0 Å². The van der Waals surface area contributed by atoms with Gasteiger partial charge in [-0.25, -0.2) is 22.3 Å². The van der Waals surface area contributed by atoms with Crippen molar-refractivity contribution < 1.29 is 17.2 Å². The molecule has 0 radical (unpaired) electrons. The first kappa shape index (κ1) is 19.0. The molecular formula is C20H23F2NO2S. The van der Waals surface area contributed by atoms with Crippen LogP contribution in [0.5, 0.6) is 0 Å². The van der Waals surface area contributed by atoms with Crippen LogP contribution in [0.4, 0.5) is 8.78 Å². The van der Waals surface area contributed by atoms with Gasteiger partial charge in [0.25, 0.3) is 0 Å². The van der Waals surface area contributed by atoms with Crippen molar-refractivity contribution in [3.63, 3.8) is 0 Å². The second-order valence-corrected chi connectivity index (χ2v) is 9.31. The fraction of sp³-hybridized carbons (Fsp3) is 0.400. The summed E-state index contributed by atoms with van der Waals surface area (Å²) in [4.78, 5) is 0.105. The standard InChI is InChI=1S/C20H23F2NO2S/c1-12-10-17(21)18(22)11-14(12)6-9-16-19(20(16,2)3)13-4-7-15(8-5-13)26(23,24)25/h4-5,7-8,10-11,16,19H,6,9H2,1-3H3,(H2,23,24,25)/t16-,19-/m1/s1. The average molecular weight is 379 g/mol. The van der Waals surface area contributed by atoms with Gasteiger partial charge >= 0.3 is 0 Å². The van der Waals surface area contributed by atoms with E-state index in [1.54, 1.807) is 6.92 Å². The molecule has 2 aromatic rings. The van der Waals surface area contributed by atoms with Gasteiger partial charge in [-0.3, -0.25) is 0 Å². The maximum absolute atomic E-state index is 13.5. The van der Waals surface area contributed by atoms with Crippen LogP contribution in [0.1, 0.15) is 42.9 Å². The van der Waals surface area contributed by atoms with E-state index >= 15 is 0 Å². The molecule has 140 valence electrons. The third-order valence-corrected chi connectivity index (χ3v) is 6.65. The molecule has 0 amide bonds. The molecule has 0 saturated heterocycles. The molecule has 2 atom stereocenters. The summed E-state index contributed by atoms with van der Waals surface area (Å²) < 4.78 is 49.5. The van der Waals surface area contributed by atoms with Gasteiger partial charge in [0.1, 0.15) is 0 Å². The number of benzene rings is 2. The Morgan fingerprint density at radius 2 is 1.65 bits per heavy atom. The van der Waals surface area contributed by atoms with Crippen molar-refractivity contribution in [1.82, 2.24) is 0 Å². The van der Waals surface area contributed by atoms with E-state index in [0.717, 1.165) is 23.1 Å². The first-order valence-corrected chi connectivity index (χ1v) is 10.1. The Hall–Kier alpha value is -1.79. The molecule has 3 nitrogen and oxygen atoms in total. The van der Waals surface area contributed by atoms with Gasteiger partial charge in [-0.1, -0.05) is 26.0 Å². The summed E-state index contributed by atoms with van der Waals surface area (Å²) in [6, 6.07) is 9.23. The van der Waals surface area contributed by atoms with Gasteiger partial charge in [-0.05, 0) is 78.0 Å². The highest BCUT2D eigenvalue weighted by atomic mass is 32.2. The maximum Gasteiger partial charge on any atom is 0.238 e. The number of rotatable bonds is 5. The third-order valence-electron chi connectivity index (χ3n) is 5.72. The van der Waals surface area contributed by atoms with Crippen molar-refractivity contribution in [2.45, 2.75) is 44.4 Å². The number of primary sulfonamides is 1. The zero-order valence-corrected chi connectivity index (χ0v) is 15.9. The predicted octanol–water partition coefficient (Wildman–Crippen LogP) is 4.29. The smallest absolute Gasteiger partial charge is 0.225 e. The van der Waals surface area contributed by atoms with Crippen molar-refractivity contribution in [2.75, 3.05) is 0 Å². The number of sulfonamides is 1. The largest absolute Gasteiger partial charge is 0.238 e. The second kappa shape index (κ2) is 6.43. The van der Waals surface area contributed by atoms with Crippen LogP contribution in [0.3, 0.4) is 0 Å². The average Bonchev–Trinajstić information content (AvgIpc) is 3.10. The Balaban J connectivity index is 1.73. The highest BCUT2D eigenvalue weighted by molar-refractivity contribution is 7.89. The SMILES string of the molecule is Cc1cc(F)c(F)cc1CC[C@@H]1[C@@H](c2ccc(S(N)(=O)=O)cc2)C1(C)C. The minimum atomic E-state index is -3.69. The zero-order chi connectivity index (χ0) is 19.3. The van der Waals surface area contributed by atoms with E-state index in [1.807, 2.05) is 12.1 Å². The summed E-state index contributed by atoms with van der Waals surface area (Å²) in [7, 11) is -3.69. The summed E-state index contributed by atoms with van der Waals surface area (Å²) in [5, 5.41) is 5.14. The van der Waals surface area contributed by atoms with Crippen molar-refractivity contribution in [3.05, 3.63) is 64.7 Å². The van der Waals surface area contributed by atoms with Gasteiger partial charge in [0.05, 0.1) is 4.90 Å². The van der Waals surface area contributed by atoms with Crippen molar-refractivity contribution in [2.24, 2.45) is 16.5 Å². The predicted molar refractivity (Wildman–Crippen MR) is 97.2 cm³/mol. The van der Waals surface area contributed by atoms with Crippen LogP contribution in [-0.4, -0.2) is 8.42 Å². The number of hydrogen-bond donors (Lipinski definition) is 1. The molecule has 1 aliphatic carbocycles. The number of hydrogen-bond acceptors (Lipinski definition) is 2. The summed E-state index contributed by atoms with van der Waals surface area (Å²) in [6.45, 7) is 6.14. The van der Waals surface area contributed by atoms with Crippen LogP contribution in [0.25, 0.3) is 0 Å². The molecule has 2 aromatic carbocycles. The minimum Gasteiger partial charge on any atom is -0.225 e. The lowest BCUT2D eigenvalue weighted by Crippen LogP contribution is -2.11. The summed E-state index contributed by atoms with van der Waals surface area (Å²) in [5.41, 5.74) is 2.75. The van der Waals surface area contributed by atoms with Crippen LogP contribution in [0, 0.1) is 29.9 Å². The zero-order valence-electron chi connectivity index (χ0n) is 15.1. The Labute approximate surface area is 153 Å². The molecule has 26 heavy (non-hydrogen) atoms. The van der Waals surface area contributed by atoms with E-state index in [2.05, 4.69) is 13.8 Å². The van der Waals surface area contributed by atoms with E-state index in [-0.39, 0.29) is 10.3 Å². The highest BCUT2D eigenvalue weighted by Gasteiger charge is 2.57. The molecular weight excluding hydrogens is 356 g/mol. The fourth-order valence-corrected chi connectivity index (χ4v) is 4.59. The normalized spacial score (nSPS) is 21.6. The molecule has 3 rings (SSSR count). The molecule has 6 heteroatoms. The van der Waals surface area contributed by atoms with E-state index in [4.69, 9.17) is 5.14 Å². The molecule has 0 bridgehead atoms. The molecule has 0 spiro atoms. The Bertz CT molecular complexity index is 937. The monoisotopic (exact) mass is 379 g/mol. The van der Waals surface area contributed by atoms with Gasteiger partial charge in [-0.15, -0.1) is 0 Å². The highest BCUT2D eigenvalue weighted by Crippen LogP contribution is 2.66. The summed E-state index contributed by atoms with van der Waals surface area (Å²) >= 11 is 0. The lowest BCUT2D eigenvalue weighted by Gasteiger charge is -2.07. The van der Waals surface area contributed by atoms with Gasteiger partial charge < -0.3 is 0 Å². The van der Waals surface area contributed by atoms with Gasteiger partial charge in [0, 0.05) is 0 Å². The molecule has 0 unspecified atom stereocenters. The fourth-order valence-electron chi connectivity index (χ4n) is 4.08. The van der Waals surface area contributed by atoms with Crippen molar-refractivity contribution >= 4 is 10.0 Å². The van der Waals surface area contributed by atoms with Crippen LogP contribution in [-0.2, 0) is 16.4 Å². The lowest BCUT2D eigenvalue weighted by molar-refractivity contribution is 0.502. The van der Waals surface area contributed by atoms with E-state index < -0.39 is 21.7 Å². The lowest BCUT2D eigenvalue weighted by atomic mass is 9.99. The van der Waals surface area contributed by atoms with E-state index in [0.29, 0.717) is 18.3 Å². The number of aryl methyl sites for hydroxylation is 2. The number of nitrogens with two attached hydrogens (primary N) is 1. The molecule has 1 aliphatic rings. The summed E-state index contributed by atoms with van der Waals surface area (Å²) in [6.07, 6.45) is 1.55. The quantitative estimate of drug-likeness (QED) is 0.842. The first-order chi connectivity index (χ1) is 12.0. The van der Waals surface area contributed by atoms with Crippen molar-refractivity contribution in [3.8, 4) is 0 Å². The third kappa shape index (κ3) is 3.53. The van der Waals surface area contributed by atoms with E-state index in [1.165, 1.54) is 24.3 Å². The van der Waals surface area contributed by atoms with Gasteiger partial charge in [-0.2, -0.15) is 0 Å². The van der Waals surface area contributed by atoms with Crippen LogP contribution in [0.15, 0.2) is 41.3 Å². The molecule has 1 saturated carbocycles. The maximum atomic E-state index is 13.5. The van der Waals surface area contributed by atoms with Gasteiger partial charge in [0.2, 0.25) is 10.0 Å². The molecule has 1 fully saturated rings. The topological polar surface area (TPSA) is 60.2 Å². The second-order valence-electron chi connectivity index (χ2n) is 7.75.